The summed E-state index contributed by atoms with van der Waals surface area (Å²) in [5, 5.41) is 0. The molecule has 0 atom stereocenters. The molecule has 2 nitrogen and oxygen atoms in total. The Hall–Kier alpha value is -0.729. The monoisotopic (exact) mass is 296 g/mol. The van der Waals surface area contributed by atoms with E-state index in [9.17, 15) is 0 Å². The van der Waals surface area contributed by atoms with Crippen molar-refractivity contribution in [1.29, 1.82) is 0 Å². The van der Waals surface area contributed by atoms with Crippen LogP contribution in [-0.4, -0.2) is 25.2 Å². The smallest absolute Gasteiger partial charge is 0.341 e. The number of rotatable bonds is 9. The van der Waals surface area contributed by atoms with Gasteiger partial charge in [0.05, 0.1) is 0 Å². The molecule has 0 rings (SSSR count). The second-order valence-electron chi connectivity index (χ2n) is 4.61. The minimum absolute atomic E-state index is 1.80. The number of hydrogen-bond donors (Lipinski definition) is 0. The summed E-state index contributed by atoms with van der Waals surface area (Å²) in [6.07, 6.45) is 0. The van der Waals surface area contributed by atoms with Gasteiger partial charge in [-0.1, -0.05) is 28.5 Å². The fourth-order valence-corrected chi connectivity index (χ4v) is 11.2. The van der Waals surface area contributed by atoms with Gasteiger partial charge < -0.3 is 8.23 Å². The van der Waals surface area contributed by atoms with E-state index in [0.717, 1.165) is 0 Å². The van der Waals surface area contributed by atoms with Crippen molar-refractivity contribution in [2.75, 3.05) is 0 Å². The first-order valence-electron chi connectivity index (χ1n) is 5.80. The summed E-state index contributed by atoms with van der Waals surface area (Å²) >= 11 is 0. The van der Waals surface area contributed by atoms with Crippen LogP contribution in [0.3, 0.4) is 0 Å². The molecular weight excluding hydrogens is 272 g/mol. The van der Waals surface area contributed by atoms with Crippen LogP contribution in [0.2, 0.25) is 19.6 Å². The molecule has 0 heterocycles. The number of hydrogen-bond acceptors (Lipinski definition) is 2. The maximum atomic E-state index is 6.21. The Kier molecular flexibility index (Phi) is 6.18. The van der Waals surface area contributed by atoms with Gasteiger partial charge in [-0.3, -0.25) is 0 Å². The standard InChI is InChI=1S/C13H24O2Si3/c1-9-16(6,10-2)14-18(8,13-5)15-17(7,11-3)12-4/h9-13H,1-5H2,6-8H3. The van der Waals surface area contributed by atoms with E-state index >= 15 is 0 Å². The third-order valence-corrected chi connectivity index (χ3v) is 13.6. The van der Waals surface area contributed by atoms with E-state index in [-0.39, 0.29) is 0 Å². The van der Waals surface area contributed by atoms with Crippen LogP contribution in [0.1, 0.15) is 0 Å². The van der Waals surface area contributed by atoms with Gasteiger partial charge in [-0.15, -0.1) is 32.9 Å². The van der Waals surface area contributed by atoms with Crippen molar-refractivity contribution >= 4 is 25.2 Å². The molecule has 5 heteroatoms. The quantitative estimate of drug-likeness (QED) is 0.601. The van der Waals surface area contributed by atoms with Crippen LogP contribution in [0, 0.1) is 0 Å². The highest BCUT2D eigenvalue weighted by Crippen LogP contribution is 2.23. The molecule has 0 aromatic heterocycles. The van der Waals surface area contributed by atoms with Gasteiger partial charge in [0.1, 0.15) is 0 Å². The van der Waals surface area contributed by atoms with E-state index in [4.69, 9.17) is 8.23 Å². The third-order valence-electron chi connectivity index (χ3n) is 2.84. The van der Waals surface area contributed by atoms with Gasteiger partial charge in [-0.2, -0.15) is 0 Å². The van der Waals surface area contributed by atoms with Crippen molar-refractivity contribution < 1.29 is 8.23 Å². The first kappa shape index (κ1) is 17.3. The Morgan fingerprint density at radius 2 is 0.889 bits per heavy atom. The van der Waals surface area contributed by atoms with Crippen LogP contribution < -0.4 is 0 Å². The average Bonchev–Trinajstić information content (AvgIpc) is 2.38. The summed E-state index contributed by atoms with van der Waals surface area (Å²) < 4.78 is 12.4. The minimum atomic E-state index is -2.48. The summed E-state index contributed by atoms with van der Waals surface area (Å²) in [6, 6.07) is 0. The Balaban J connectivity index is 5.20. The highest BCUT2D eigenvalue weighted by molar-refractivity contribution is 6.96. The summed E-state index contributed by atoms with van der Waals surface area (Å²) in [5.41, 5.74) is 9.18. The molecule has 0 radical (unpaired) electrons. The molecule has 18 heavy (non-hydrogen) atoms. The van der Waals surface area contributed by atoms with E-state index in [0.29, 0.717) is 0 Å². The molecule has 0 fully saturated rings. The van der Waals surface area contributed by atoms with E-state index in [1.807, 2.05) is 42.4 Å². The lowest BCUT2D eigenvalue weighted by Crippen LogP contribution is -2.53. The Bertz CT molecular complexity index is 319. The first-order chi connectivity index (χ1) is 8.22. The van der Waals surface area contributed by atoms with Gasteiger partial charge in [-0.25, -0.2) is 0 Å². The zero-order valence-electron chi connectivity index (χ0n) is 11.7. The van der Waals surface area contributed by atoms with Crippen LogP contribution in [0.15, 0.2) is 61.4 Å². The van der Waals surface area contributed by atoms with Gasteiger partial charge in [0, 0.05) is 0 Å². The van der Waals surface area contributed by atoms with Gasteiger partial charge in [0.15, 0.2) is 0 Å². The summed E-state index contributed by atoms with van der Waals surface area (Å²) in [6.45, 7) is 25.2. The topological polar surface area (TPSA) is 18.5 Å². The molecule has 0 aromatic rings. The Labute approximate surface area is 115 Å². The van der Waals surface area contributed by atoms with Crippen molar-refractivity contribution in [3.63, 3.8) is 0 Å². The molecular formula is C13H24O2Si3. The molecule has 0 amide bonds. The normalized spacial score (nSPS) is 12.6. The van der Waals surface area contributed by atoms with Gasteiger partial charge >= 0.3 is 8.56 Å². The van der Waals surface area contributed by atoms with Crippen molar-refractivity contribution in [2.24, 2.45) is 0 Å². The second-order valence-corrected chi connectivity index (χ2v) is 15.0. The van der Waals surface area contributed by atoms with E-state index in [2.05, 4.69) is 32.9 Å². The van der Waals surface area contributed by atoms with Crippen molar-refractivity contribution in [3.05, 3.63) is 61.4 Å². The summed E-state index contributed by atoms with van der Waals surface area (Å²) in [7, 11) is -6.74. The SMILES string of the molecule is C=C[Si](C)(C=C)O[Si](C)(C=C)O[Si](C)(C=C)C=C. The van der Waals surface area contributed by atoms with Gasteiger partial charge in [-0.05, 0) is 19.6 Å². The maximum Gasteiger partial charge on any atom is 0.341 e. The van der Waals surface area contributed by atoms with Crippen LogP contribution in [-0.2, 0) is 8.23 Å². The molecule has 0 saturated heterocycles. The predicted octanol–water partition coefficient (Wildman–Crippen LogP) is 3.87. The lowest BCUT2D eigenvalue weighted by molar-refractivity contribution is 0.412. The molecule has 0 spiro atoms. The molecule has 0 saturated carbocycles. The minimum Gasteiger partial charge on any atom is -0.427 e. The average molecular weight is 297 g/mol. The van der Waals surface area contributed by atoms with Crippen LogP contribution >= 0.6 is 0 Å². The molecule has 100 valence electrons. The van der Waals surface area contributed by atoms with Crippen LogP contribution in [0.5, 0.6) is 0 Å². The van der Waals surface area contributed by atoms with Gasteiger partial charge in [0.25, 0.3) is 0 Å². The van der Waals surface area contributed by atoms with Gasteiger partial charge in [0.2, 0.25) is 16.6 Å². The second kappa shape index (κ2) is 6.44. The van der Waals surface area contributed by atoms with Crippen molar-refractivity contribution in [2.45, 2.75) is 19.6 Å². The van der Waals surface area contributed by atoms with E-state index in [1.54, 1.807) is 5.70 Å². The van der Waals surface area contributed by atoms with Crippen molar-refractivity contribution in [1.82, 2.24) is 0 Å². The summed E-state index contributed by atoms with van der Waals surface area (Å²) in [4.78, 5) is 0. The maximum absolute atomic E-state index is 6.21. The zero-order valence-corrected chi connectivity index (χ0v) is 14.7. The fraction of sp³-hybridized carbons (Fsp3) is 0.231. The Morgan fingerprint density at radius 1 is 0.611 bits per heavy atom. The highest BCUT2D eigenvalue weighted by atomic mass is 28.5. The third kappa shape index (κ3) is 4.51. The van der Waals surface area contributed by atoms with Crippen molar-refractivity contribution in [3.8, 4) is 0 Å². The largest absolute Gasteiger partial charge is 0.427 e. The Morgan fingerprint density at radius 3 is 1.06 bits per heavy atom. The lowest BCUT2D eigenvalue weighted by Gasteiger charge is -2.37. The molecule has 0 aliphatic rings. The predicted molar refractivity (Wildman–Crippen MR) is 88.0 cm³/mol. The molecule has 0 aromatic carbocycles. The molecule has 0 bridgehead atoms. The zero-order chi connectivity index (χ0) is 14.4. The van der Waals surface area contributed by atoms with E-state index < -0.39 is 25.2 Å². The van der Waals surface area contributed by atoms with Crippen LogP contribution in [0.4, 0.5) is 0 Å². The van der Waals surface area contributed by atoms with Crippen LogP contribution in [0.25, 0.3) is 0 Å². The molecule has 0 aliphatic carbocycles. The first-order valence-corrected chi connectivity index (χ1v) is 13.3. The lowest BCUT2D eigenvalue weighted by atomic mass is 11.2. The molecule has 0 aliphatic heterocycles. The summed E-state index contributed by atoms with van der Waals surface area (Å²) in [5.74, 6) is 0. The highest BCUT2D eigenvalue weighted by Gasteiger charge is 2.40. The molecule has 0 unspecified atom stereocenters. The molecule has 0 N–H and O–H groups in total. The van der Waals surface area contributed by atoms with E-state index in [1.165, 1.54) is 0 Å². The fourth-order valence-electron chi connectivity index (χ4n) is 1.31.